The normalized spacial score (nSPS) is 14.9. The minimum atomic E-state index is 0.968. The molecule has 3 rings (SSSR count). The summed E-state index contributed by atoms with van der Waals surface area (Å²) in [5, 5.41) is 2.61. The fourth-order valence-corrected chi connectivity index (χ4v) is 2.45. The van der Waals surface area contributed by atoms with E-state index in [1.807, 2.05) is 0 Å². The van der Waals surface area contributed by atoms with E-state index >= 15 is 0 Å². The molecule has 0 saturated heterocycles. The molecular weight excluding hydrogens is 191 g/mol. The lowest BCUT2D eigenvalue weighted by molar-refractivity contribution is 0.633. The Labute approximate surface area is 84.2 Å². The molecule has 1 aliphatic rings. The van der Waals surface area contributed by atoms with Gasteiger partial charge in [0.1, 0.15) is 14.2 Å². The Hall–Kier alpha value is -1.33. The molecule has 0 radical (unpaired) electrons. The minimum Gasteiger partial charge on any atom is -0.439 e. The molecule has 0 saturated carbocycles. The van der Waals surface area contributed by atoms with Crippen LogP contribution in [-0.4, -0.2) is 5.80 Å². The summed E-state index contributed by atoms with van der Waals surface area (Å²) in [6.07, 6.45) is 1.01. The van der Waals surface area contributed by atoms with Crippen LogP contribution in [0.3, 0.4) is 0 Å². The first kappa shape index (κ1) is 8.02. The lowest BCUT2D eigenvalue weighted by Gasteiger charge is -2.13. The van der Waals surface area contributed by atoms with Crippen LogP contribution < -0.4 is 4.52 Å². The molecule has 0 spiro atoms. The number of hydrogen-bond donors (Lipinski definition) is 0. The van der Waals surface area contributed by atoms with E-state index in [0.29, 0.717) is 0 Å². The maximum absolute atomic E-state index is 5.55. The smallest absolute Gasteiger partial charge is 0.135 e. The van der Waals surface area contributed by atoms with Crippen LogP contribution in [-0.2, 0) is 6.42 Å². The highest BCUT2D eigenvalue weighted by Crippen LogP contribution is 2.32. The lowest BCUT2D eigenvalue weighted by Crippen LogP contribution is -1.96. The van der Waals surface area contributed by atoms with Gasteiger partial charge < -0.3 is 4.52 Å². The molecule has 1 aliphatic heterocycles. The van der Waals surface area contributed by atoms with Gasteiger partial charge >= 0.3 is 0 Å². The van der Waals surface area contributed by atoms with Crippen LogP contribution in [0.1, 0.15) is 5.56 Å². The summed E-state index contributed by atoms with van der Waals surface area (Å²) in [6, 6.07) is 12.6. The summed E-state index contributed by atoms with van der Waals surface area (Å²) in [6.45, 7) is 0. The van der Waals surface area contributed by atoms with E-state index in [2.05, 4.69) is 42.2 Å². The van der Waals surface area contributed by atoms with Crippen LogP contribution in [0.2, 0.25) is 0 Å². The Morgan fingerprint density at radius 2 is 2.00 bits per heavy atom. The van der Waals surface area contributed by atoms with Gasteiger partial charge in [0, 0.05) is 12.0 Å². The van der Waals surface area contributed by atoms with Gasteiger partial charge in [0.2, 0.25) is 0 Å². The number of hydrogen-bond acceptors (Lipinski definition) is 1. The van der Waals surface area contributed by atoms with E-state index in [9.17, 15) is 0 Å². The van der Waals surface area contributed by atoms with Crippen molar-refractivity contribution in [2.75, 3.05) is 0 Å². The molecule has 0 bridgehead atoms. The highest BCUT2D eigenvalue weighted by Gasteiger charge is 2.09. The molecule has 2 aromatic carbocycles. The summed E-state index contributed by atoms with van der Waals surface area (Å²) in [5.74, 6) is 3.18. The van der Waals surface area contributed by atoms with Crippen LogP contribution in [0.4, 0.5) is 0 Å². The van der Waals surface area contributed by atoms with Gasteiger partial charge in [-0.15, -0.1) is 0 Å². The second-order valence-corrected chi connectivity index (χ2v) is 4.11. The molecule has 1 heterocycles. The van der Waals surface area contributed by atoms with Gasteiger partial charge in [-0.25, -0.2) is 0 Å². The molecule has 0 amide bonds. The van der Waals surface area contributed by atoms with Crippen molar-refractivity contribution in [2.45, 2.75) is 6.42 Å². The Morgan fingerprint density at radius 1 is 1.07 bits per heavy atom. The Bertz CT molecular complexity index is 517. The Morgan fingerprint density at radius 3 is 3.00 bits per heavy atom. The van der Waals surface area contributed by atoms with Crippen LogP contribution >= 0.6 is 8.43 Å². The van der Waals surface area contributed by atoms with Gasteiger partial charge in [-0.1, -0.05) is 30.3 Å². The van der Waals surface area contributed by atoms with Gasteiger partial charge in [0.25, 0.3) is 0 Å². The molecule has 0 N–H and O–H groups in total. The molecule has 68 valence electrons. The van der Waals surface area contributed by atoms with Crippen molar-refractivity contribution >= 4 is 25.0 Å². The fraction of sp³-hybridized carbons (Fsp3) is 0.0833. The lowest BCUT2D eigenvalue weighted by atomic mass is 10.0. The highest BCUT2D eigenvalue weighted by molar-refractivity contribution is 7.33. The van der Waals surface area contributed by atoms with Crippen molar-refractivity contribution in [3.05, 3.63) is 42.0 Å². The average molecular weight is 200 g/mol. The molecule has 0 aliphatic carbocycles. The van der Waals surface area contributed by atoms with Crippen molar-refractivity contribution in [3.8, 4) is 5.75 Å². The van der Waals surface area contributed by atoms with Crippen LogP contribution in [0.15, 0.2) is 36.4 Å². The Kier molecular flexibility index (Phi) is 1.78. The van der Waals surface area contributed by atoms with Gasteiger partial charge in [0.15, 0.2) is 0 Å². The van der Waals surface area contributed by atoms with Crippen molar-refractivity contribution < 1.29 is 4.52 Å². The topological polar surface area (TPSA) is 9.23 Å². The zero-order valence-electron chi connectivity index (χ0n) is 7.60. The van der Waals surface area contributed by atoms with E-state index in [1.165, 1.54) is 16.3 Å². The van der Waals surface area contributed by atoms with E-state index in [0.717, 1.165) is 20.6 Å². The van der Waals surface area contributed by atoms with Crippen LogP contribution in [0.5, 0.6) is 5.75 Å². The van der Waals surface area contributed by atoms with Crippen molar-refractivity contribution in [1.29, 1.82) is 0 Å². The first-order valence-corrected chi connectivity index (χ1v) is 5.53. The second kappa shape index (κ2) is 3.11. The van der Waals surface area contributed by atoms with Gasteiger partial charge in [-0.3, -0.25) is 0 Å². The molecule has 0 atom stereocenters. The summed E-state index contributed by atoms with van der Waals surface area (Å²) >= 11 is 0. The first-order chi connectivity index (χ1) is 6.95. The molecule has 2 aromatic rings. The summed E-state index contributed by atoms with van der Waals surface area (Å²) in [4.78, 5) is 0. The van der Waals surface area contributed by atoms with E-state index < -0.39 is 0 Å². The van der Waals surface area contributed by atoms with Gasteiger partial charge in [0.05, 0.1) is 0 Å². The summed E-state index contributed by atoms with van der Waals surface area (Å²) < 4.78 is 5.55. The first-order valence-electron chi connectivity index (χ1n) is 4.64. The molecule has 2 heteroatoms. The zero-order chi connectivity index (χ0) is 9.38. The minimum absolute atomic E-state index is 0.968. The number of rotatable bonds is 0. The highest BCUT2D eigenvalue weighted by atomic mass is 31.1. The fourth-order valence-electron chi connectivity index (χ4n) is 1.83. The molecule has 14 heavy (non-hydrogen) atoms. The van der Waals surface area contributed by atoms with E-state index in [-0.39, 0.29) is 0 Å². The quantitative estimate of drug-likeness (QED) is 0.592. The molecule has 0 aromatic heterocycles. The monoisotopic (exact) mass is 200 g/mol. The van der Waals surface area contributed by atoms with Crippen molar-refractivity contribution in [3.63, 3.8) is 0 Å². The van der Waals surface area contributed by atoms with Crippen LogP contribution in [0, 0.1) is 0 Å². The van der Waals surface area contributed by atoms with Gasteiger partial charge in [-0.05, 0) is 22.6 Å². The number of benzene rings is 2. The SMILES string of the molecule is C1=POc2ccc3ccccc3c2C1. The largest absolute Gasteiger partial charge is 0.439 e. The maximum Gasteiger partial charge on any atom is 0.135 e. The summed E-state index contributed by atoms with van der Waals surface area (Å²) in [7, 11) is 0.968. The maximum atomic E-state index is 5.55. The third-order valence-electron chi connectivity index (χ3n) is 2.52. The number of fused-ring (bicyclic) bond motifs is 3. The third-order valence-corrected chi connectivity index (χ3v) is 3.15. The van der Waals surface area contributed by atoms with E-state index in [4.69, 9.17) is 4.52 Å². The predicted molar refractivity (Wildman–Crippen MR) is 61.3 cm³/mol. The van der Waals surface area contributed by atoms with Crippen LogP contribution in [0.25, 0.3) is 10.8 Å². The average Bonchev–Trinajstić information content (AvgIpc) is 2.29. The molecule has 0 fully saturated rings. The zero-order valence-corrected chi connectivity index (χ0v) is 8.50. The standard InChI is InChI=1S/C12H9OP/c1-2-4-10-9(3-1)5-6-12-11(10)7-8-14-13-12/h1-6,8H,7H2. The third kappa shape index (κ3) is 1.13. The Balaban J connectivity index is 2.37. The van der Waals surface area contributed by atoms with E-state index in [1.54, 1.807) is 0 Å². The predicted octanol–water partition coefficient (Wildman–Crippen LogP) is 3.44. The second-order valence-electron chi connectivity index (χ2n) is 3.35. The van der Waals surface area contributed by atoms with Crippen molar-refractivity contribution in [1.82, 2.24) is 0 Å². The molecule has 1 nitrogen and oxygen atoms in total. The van der Waals surface area contributed by atoms with Gasteiger partial charge in [-0.2, -0.15) is 0 Å². The van der Waals surface area contributed by atoms with Crippen molar-refractivity contribution in [2.24, 2.45) is 0 Å². The molecular formula is C12H9OP. The molecule has 0 unspecified atom stereocenters. The summed E-state index contributed by atoms with van der Waals surface area (Å²) in [5.41, 5.74) is 1.32.